The lowest BCUT2D eigenvalue weighted by Gasteiger charge is -2.33. The maximum absolute atomic E-state index is 13.7. The summed E-state index contributed by atoms with van der Waals surface area (Å²) < 4.78 is 0. The van der Waals surface area contributed by atoms with Crippen molar-refractivity contribution in [1.82, 2.24) is 0 Å². The van der Waals surface area contributed by atoms with Crippen molar-refractivity contribution in [2.24, 2.45) is 17.8 Å². The molecule has 0 radical (unpaired) electrons. The van der Waals surface area contributed by atoms with E-state index in [1.54, 1.807) is 0 Å². The van der Waals surface area contributed by atoms with E-state index in [1.807, 2.05) is 0 Å². The molecule has 0 heterocycles. The fraction of sp³-hybridized carbons (Fsp3) is 0.583. The highest BCUT2D eigenvalue weighted by Gasteiger charge is 2.34. The Bertz CT molecular complexity index is 1150. The number of carbonyl (C=O) groups is 3. The average Bonchev–Trinajstić information content (AvgIpc) is 2.86. The summed E-state index contributed by atoms with van der Waals surface area (Å²) in [5, 5.41) is 0. The third kappa shape index (κ3) is 7.99. The average molecular weight is 531 g/mol. The van der Waals surface area contributed by atoms with Gasteiger partial charge in [-0.2, -0.15) is 0 Å². The highest BCUT2D eigenvalue weighted by Crippen LogP contribution is 2.40. The molecule has 2 aromatic carbocycles. The van der Waals surface area contributed by atoms with E-state index in [2.05, 4.69) is 71.9 Å². The molecule has 3 heteroatoms. The van der Waals surface area contributed by atoms with Gasteiger partial charge in [0.2, 0.25) is 0 Å². The zero-order valence-corrected chi connectivity index (χ0v) is 25.5. The molecule has 0 amide bonds. The van der Waals surface area contributed by atoms with E-state index in [4.69, 9.17) is 0 Å². The molecule has 0 spiro atoms. The van der Waals surface area contributed by atoms with Crippen LogP contribution in [0.1, 0.15) is 129 Å². The molecule has 0 saturated heterocycles. The third-order valence-electron chi connectivity index (χ3n) is 8.88. The van der Waals surface area contributed by atoms with Crippen molar-refractivity contribution in [3.05, 3.63) is 69.3 Å². The summed E-state index contributed by atoms with van der Waals surface area (Å²) in [6, 6.07) is 11.2. The minimum atomic E-state index is -0.0902. The number of benzene rings is 2. The number of aryl methyl sites for hydroxylation is 3. The van der Waals surface area contributed by atoms with Crippen molar-refractivity contribution in [2.75, 3.05) is 0 Å². The van der Waals surface area contributed by atoms with E-state index >= 15 is 0 Å². The molecule has 0 saturated carbocycles. The van der Waals surface area contributed by atoms with Crippen LogP contribution in [0.5, 0.6) is 0 Å². The largest absolute Gasteiger partial charge is 0.300 e. The third-order valence-corrected chi connectivity index (χ3v) is 8.88. The standard InChI is InChI=1S/C36H50O3/c1-8-11-30(31(9-2)34(38)18-25(6)37)19-28-20-33-32(23(3)4)22-29(26(7)36(33)35(39)21-28)13-10-12-27-16-14-24(5)15-17-27/h14-17,22-23,28,30-31H,8-13,18-21H2,1-7H3. The van der Waals surface area contributed by atoms with Crippen molar-refractivity contribution < 1.29 is 14.4 Å². The second-order valence-electron chi connectivity index (χ2n) is 12.4. The summed E-state index contributed by atoms with van der Waals surface area (Å²) in [5.74, 6) is 1.06. The van der Waals surface area contributed by atoms with Gasteiger partial charge >= 0.3 is 0 Å². The normalized spacial score (nSPS) is 16.7. The van der Waals surface area contributed by atoms with Crippen molar-refractivity contribution in [2.45, 2.75) is 119 Å². The number of carbonyl (C=O) groups excluding carboxylic acids is 3. The van der Waals surface area contributed by atoms with Crippen LogP contribution in [0.4, 0.5) is 0 Å². The van der Waals surface area contributed by atoms with Gasteiger partial charge in [-0.15, -0.1) is 0 Å². The van der Waals surface area contributed by atoms with E-state index in [1.165, 1.54) is 40.3 Å². The Morgan fingerprint density at radius 1 is 1.00 bits per heavy atom. The molecule has 39 heavy (non-hydrogen) atoms. The highest BCUT2D eigenvalue weighted by atomic mass is 16.1. The number of rotatable bonds is 14. The van der Waals surface area contributed by atoms with Crippen LogP contribution in [0.25, 0.3) is 0 Å². The monoisotopic (exact) mass is 530 g/mol. The summed E-state index contributed by atoms with van der Waals surface area (Å²) in [4.78, 5) is 38.3. The predicted octanol–water partition coefficient (Wildman–Crippen LogP) is 8.73. The summed E-state index contributed by atoms with van der Waals surface area (Å²) >= 11 is 0. The minimum Gasteiger partial charge on any atom is -0.300 e. The Balaban J connectivity index is 1.83. The first-order chi connectivity index (χ1) is 18.5. The van der Waals surface area contributed by atoms with Gasteiger partial charge in [0.05, 0.1) is 6.42 Å². The zero-order chi connectivity index (χ0) is 28.7. The van der Waals surface area contributed by atoms with Crippen molar-refractivity contribution in [3.63, 3.8) is 0 Å². The van der Waals surface area contributed by atoms with Gasteiger partial charge in [-0.3, -0.25) is 14.4 Å². The Kier molecular flexibility index (Phi) is 11.3. The lowest BCUT2D eigenvalue weighted by molar-refractivity contribution is -0.129. The Labute approximate surface area is 237 Å². The number of ketones is 3. The fourth-order valence-corrected chi connectivity index (χ4v) is 6.90. The number of fused-ring (bicyclic) bond motifs is 1. The molecular formula is C36H50O3. The first-order valence-electron chi connectivity index (χ1n) is 15.3. The van der Waals surface area contributed by atoms with Crippen LogP contribution in [-0.4, -0.2) is 17.3 Å². The zero-order valence-electron chi connectivity index (χ0n) is 25.5. The van der Waals surface area contributed by atoms with Crippen LogP contribution in [0.3, 0.4) is 0 Å². The second-order valence-corrected chi connectivity index (χ2v) is 12.4. The molecule has 0 aliphatic heterocycles. The summed E-state index contributed by atoms with van der Waals surface area (Å²) in [6.07, 6.45) is 8.24. The molecule has 1 aliphatic rings. The van der Waals surface area contributed by atoms with E-state index in [0.29, 0.717) is 12.3 Å². The summed E-state index contributed by atoms with van der Waals surface area (Å²) in [5.41, 5.74) is 8.71. The lowest BCUT2D eigenvalue weighted by Crippen LogP contribution is -2.30. The second kappa shape index (κ2) is 14.2. The van der Waals surface area contributed by atoms with Gasteiger partial charge in [0, 0.05) is 17.9 Å². The molecule has 0 N–H and O–H groups in total. The van der Waals surface area contributed by atoms with E-state index in [-0.39, 0.29) is 41.5 Å². The quantitative estimate of drug-likeness (QED) is 0.229. The van der Waals surface area contributed by atoms with Gasteiger partial charge < -0.3 is 0 Å². The first-order valence-corrected chi connectivity index (χ1v) is 15.3. The summed E-state index contributed by atoms with van der Waals surface area (Å²) in [7, 11) is 0. The van der Waals surface area contributed by atoms with Gasteiger partial charge in [0.15, 0.2) is 5.78 Å². The topological polar surface area (TPSA) is 51.2 Å². The maximum atomic E-state index is 13.7. The van der Waals surface area contributed by atoms with Crippen molar-refractivity contribution in [3.8, 4) is 0 Å². The van der Waals surface area contributed by atoms with Crippen LogP contribution in [0.15, 0.2) is 30.3 Å². The lowest BCUT2D eigenvalue weighted by atomic mass is 9.70. The van der Waals surface area contributed by atoms with Gasteiger partial charge in [-0.25, -0.2) is 0 Å². The van der Waals surface area contributed by atoms with Gasteiger partial charge in [0.1, 0.15) is 11.6 Å². The highest BCUT2D eigenvalue weighted by molar-refractivity contribution is 6.01. The molecule has 3 rings (SSSR count). The number of Topliss-reactive ketones (excluding diaryl/α,β-unsaturated/α-hetero) is 3. The molecule has 2 aromatic rings. The Morgan fingerprint density at radius 2 is 1.69 bits per heavy atom. The molecule has 0 fully saturated rings. The van der Waals surface area contributed by atoms with E-state index in [9.17, 15) is 14.4 Å². The fourth-order valence-electron chi connectivity index (χ4n) is 6.90. The van der Waals surface area contributed by atoms with Crippen molar-refractivity contribution in [1.29, 1.82) is 0 Å². The van der Waals surface area contributed by atoms with Gasteiger partial charge in [-0.05, 0) is 105 Å². The molecule has 1 aliphatic carbocycles. The molecule has 212 valence electrons. The Morgan fingerprint density at radius 3 is 2.28 bits per heavy atom. The predicted molar refractivity (Wildman–Crippen MR) is 162 cm³/mol. The van der Waals surface area contributed by atoms with Crippen molar-refractivity contribution >= 4 is 17.3 Å². The smallest absolute Gasteiger partial charge is 0.163 e. The molecule has 3 unspecified atom stereocenters. The van der Waals surface area contributed by atoms with Gasteiger partial charge in [-0.1, -0.05) is 76.4 Å². The maximum Gasteiger partial charge on any atom is 0.163 e. The summed E-state index contributed by atoms with van der Waals surface area (Å²) in [6.45, 7) is 14.5. The molecule has 0 aromatic heterocycles. The SMILES string of the molecule is CCCC(CC1CC(=O)c2c(C)c(CCCc3ccc(C)cc3)cc(C(C)C)c2C1)C(CC)C(=O)CC(C)=O. The van der Waals surface area contributed by atoms with Crippen LogP contribution in [0, 0.1) is 31.6 Å². The molecular weight excluding hydrogens is 480 g/mol. The first kappa shape index (κ1) is 31.0. The van der Waals surface area contributed by atoms with Crippen LogP contribution in [0.2, 0.25) is 0 Å². The van der Waals surface area contributed by atoms with Gasteiger partial charge in [0.25, 0.3) is 0 Å². The number of hydrogen-bond acceptors (Lipinski definition) is 3. The van der Waals surface area contributed by atoms with E-state index < -0.39 is 0 Å². The van der Waals surface area contributed by atoms with Crippen LogP contribution >= 0.6 is 0 Å². The minimum absolute atomic E-state index is 0.0362. The molecule has 0 bridgehead atoms. The van der Waals surface area contributed by atoms with Crippen LogP contribution in [-0.2, 0) is 28.9 Å². The van der Waals surface area contributed by atoms with Crippen LogP contribution < -0.4 is 0 Å². The molecule has 3 atom stereocenters. The number of hydrogen-bond donors (Lipinski definition) is 0. The Hall–Kier alpha value is -2.55. The van der Waals surface area contributed by atoms with E-state index in [0.717, 1.165) is 56.9 Å². The molecule has 3 nitrogen and oxygen atoms in total.